The van der Waals surface area contributed by atoms with Crippen molar-refractivity contribution >= 4 is 39.4 Å². The van der Waals surface area contributed by atoms with E-state index in [1.54, 1.807) is 11.8 Å². The first kappa shape index (κ1) is 32.7. The van der Waals surface area contributed by atoms with Gasteiger partial charge < -0.3 is 23.7 Å². The predicted octanol–water partition coefficient (Wildman–Crippen LogP) is 5.94. The van der Waals surface area contributed by atoms with Gasteiger partial charge in [-0.25, -0.2) is 14.0 Å². The molecule has 1 aromatic rings. The highest BCUT2D eigenvalue weighted by molar-refractivity contribution is 9.10. The second-order valence-electron chi connectivity index (χ2n) is 11.7. The summed E-state index contributed by atoms with van der Waals surface area (Å²) in [5.74, 6) is -1.17. The number of methoxy groups -OCH3 is 1. The summed E-state index contributed by atoms with van der Waals surface area (Å²) < 4.78 is 46.3. The topological polar surface area (TPSA) is 91.4 Å². The number of rotatable bonds is 8. The number of halogens is 2. The number of hydrogen-bond acceptors (Lipinski definition) is 7. The molecule has 0 N–H and O–H groups in total. The zero-order chi connectivity index (χ0) is 29.0. The van der Waals surface area contributed by atoms with Gasteiger partial charge in [0.15, 0.2) is 11.6 Å². The van der Waals surface area contributed by atoms with E-state index in [9.17, 15) is 18.5 Å². The standard InChI is InChI=1S/C27H42BrFN2O6S/c1-17(36-23-21(28)14-20(15-22(23)29)24(32)35-9)16-31(38(34)27(6,7)8)18(2)19-10-12-30(13-11-19)25(33)37-26(3,4)5/h14-15,17-19H,10-13,16H2,1-9H3/t17?,18?,38-/m0/s1. The van der Waals surface area contributed by atoms with E-state index in [2.05, 4.69) is 20.7 Å². The molecule has 1 aliphatic heterocycles. The van der Waals surface area contributed by atoms with E-state index in [1.807, 2.05) is 52.8 Å². The van der Waals surface area contributed by atoms with E-state index < -0.39 is 39.6 Å². The van der Waals surface area contributed by atoms with Crippen LogP contribution in [-0.4, -0.2) is 75.1 Å². The highest BCUT2D eigenvalue weighted by Gasteiger charge is 2.41. The minimum absolute atomic E-state index is 0.0232. The lowest BCUT2D eigenvalue weighted by Crippen LogP contribution is -2.54. The van der Waals surface area contributed by atoms with E-state index in [-0.39, 0.29) is 33.8 Å². The summed E-state index contributed by atoms with van der Waals surface area (Å²) in [6.07, 6.45) is 0.678. The zero-order valence-electron chi connectivity index (χ0n) is 23.9. The Labute approximate surface area is 238 Å². The molecule has 0 spiro atoms. The number of hydrogen-bond donors (Lipinski definition) is 0. The number of amides is 1. The van der Waals surface area contributed by atoms with Gasteiger partial charge in [-0.2, -0.15) is 0 Å². The smallest absolute Gasteiger partial charge is 0.410 e. The quantitative estimate of drug-likeness (QED) is 0.262. The van der Waals surface area contributed by atoms with Gasteiger partial charge in [0.2, 0.25) is 0 Å². The highest BCUT2D eigenvalue weighted by Crippen LogP contribution is 2.33. The number of carbonyl (C=O) groups excluding carboxylic acids is 2. The molecule has 0 aromatic heterocycles. The van der Waals surface area contributed by atoms with Crippen molar-refractivity contribution in [3.63, 3.8) is 0 Å². The Morgan fingerprint density at radius 1 is 1.18 bits per heavy atom. The summed E-state index contributed by atoms with van der Waals surface area (Å²) in [4.78, 5) is 26.0. The zero-order valence-corrected chi connectivity index (χ0v) is 26.3. The third-order valence-electron chi connectivity index (χ3n) is 6.24. The molecular formula is C27H42BrFN2O6S. The van der Waals surface area contributed by atoms with Crippen LogP contribution in [0.1, 0.15) is 78.6 Å². The monoisotopic (exact) mass is 620 g/mol. The van der Waals surface area contributed by atoms with Crippen LogP contribution in [0.4, 0.5) is 9.18 Å². The molecule has 3 atom stereocenters. The van der Waals surface area contributed by atoms with Crippen LogP contribution in [0.15, 0.2) is 16.6 Å². The van der Waals surface area contributed by atoms with Crippen molar-refractivity contribution in [3.8, 4) is 5.75 Å². The molecule has 0 radical (unpaired) electrons. The maximum Gasteiger partial charge on any atom is 0.410 e. The predicted molar refractivity (Wildman–Crippen MR) is 150 cm³/mol. The van der Waals surface area contributed by atoms with Crippen molar-refractivity contribution in [1.82, 2.24) is 9.21 Å². The van der Waals surface area contributed by atoms with Crippen molar-refractivity contribution in [1.29, 1.82) is 0 Å². The lowest BCUT2D eigenvalue weighted by atomic mass is 9.90. The van der Waals surface area contributed by atoms with Crippen LogP contribution in [0, 0.1) is 11.7 Å². The van der Waals surface area contributed by atoms with Crippen LogP contribution < -0.4 is 4.74 Å². The Hall–Kier alpha value is -1.56. The first-order valence-corrected chi connectivity index (χ1v) is 14.7. The molecule has 0 bridgehead atoms. The highest BCUT2D eigenvalue weighted by atomic mass is 79.9. The van der Waals surface area contributed by atoms with Crippen molar-refractivity contribution in [2.45, 2.75) is 90.7 Å². The molecular weight excluding hydrogens is 579 g/mol. The molecule has 1 aromatic carbocycles. The lowest BCUT2D eigenvalue weighted by Gasteiger charge is -2.42. The average Bonchev–Trinajstić information content (AvgIpc) is 2.81. The van der Waals surface area contributed by atoms with Gasteiger partial charge in [0, 0.05) is 24.5 Å². The van der Waals surface area contributed by atoms with Crippen molar-refractivity contribution in [2.24, 2.45) is 5.92 Å². The van der Waals surface area contributed by atoms with Crippen molar-refractivity contribution < 1.29 is 32.7 Å². The van der Waals surface area contributed by atoms with E-state index >= 15 is 0 Å². The molecule has 2 unspecified atom stereocenters. The Morgan fingerprint density at radius 2 is 1.76 bits per heavy atom. The summed E-state index contributed by atoms with van der Waals surface area (Å²) in [5, 5.41) is 0. The molecule has 0 aliphatic carbocycles. The Morgan fingerprint density at radius 3 is 2.24 bits per heavy atom. The second kappa shape index (κ2) is 13.2. The fraction of sp³-hybridized carbons (Fsp3) is 0.704. The van der Waals surface area contributed by atoms with Crippen LogP contribution in [0.25, 0.3) is 0 Å². The molecule has 1 saturated heterocycles. The summed E-state index contributed by atoms with van der Waals surface area (Å²) >= 11 is 1.93. The largest absolute Gasteiger partial charge is 0.597 e. The second-order valence-corrected chi connectivity index (χ2v) is 14.7. The maximum absolute atomic E-state index is 14.8. The number of likely N-dealkylation sites (tertiary alicyclic amines) is 1. The van der Waals surface area contributed by atoms with E-state index in [0.717, 1.165) is 18.9 Å². The first-order valence-electron chi connectivity index (χ1n) is 12.8. The molecule has 1 fully saturated rings. The number of nitrogens with zero attached hydrogens (tertiary/aromatic N) is 2. The Bertz CT molecular complexity index is 952. The fourth-order valence-electron chi connectivity index (χ4n) is 4.26. The molecule has 11 heteroatoms. The molecule has 2 rings (SSSR count). The number of benzene rings is 1. The van der Waals surface area contributed by atoms with Gasteiger partial charge in [-0.15, -0.1) is 4.31 Å². The average molecular weight is 622 g/mol. The van der Waals surface area contributed by atoms with Gasteiger partial charge in [-0.3, -0.25) is 0 Å². The van der Waals surface area contributed by atoms with Gasteiger partial charge in [0.25, 0.3) is 0 Å². The molecule has 1 aliphatic rings. The van der Waals surface area contributed by atoms with E-state index in [4.69, 9.17) is 9.47 Å². The first-order chi connectivity index (χ1) is 17.4. The number of carbonyl (C=O) groups is 2. The summed E-state index contributed by atoms with van der Waals surface area (Å²) in [5.41, 5.74) is -0.482. The molecule has 0 saturated carbocycles. The SMILES string of the molecule is COC(=O)c1cc(F)c(OC(C)CN(C(C)C2CCN(C(=O)OC(C)(C)C)CC2)[S@@+]([O-])C(C)(C)C)c(Br)c1. The molecule has 8 nitrogen and oxygen atoms in total. The number of piperidine rings is 1. The molecule has 216 valence electrons. The van der Waals surface area contributed by atoms with Crippen LogP contribution >= 0.6 is 15.9 Å². The third kappa shape index (κ3) is 8.99. The third-order valence-corrected chi connectivity index (χ3v) is 8.78. The van der Waals surface area contributed by atoms with Crippen LogP contribution in [0.2, 0.25) is 0 Å². The maximum atomic E-state index is 14.8. The lowest BCUT2D eigenvalue weighted by molar-refractivity contribution is 0.0152. The minimum atomic E-state index is -1.36. The van der Waals surface area contributed by atoms with Gasteiger partial charge in [-0.1, -0.05) is 0 Å². The minimum Gasteiger partial charge on any atom is -0.597 e. The molecule has 38 heavy (non-hydrogen) atoms. The van der Waals surface area contributed by atoms with E-state index in [0.29, 0.717) is 19.6 Å². The van der Waals surface area contributed by atoms with E-state index in [1.165, 1.54) is 13.2 Å². The number of ether oxygens (including phenoxy) is 3. The summed E-state index contributed by atoms with van der Waals surface area (Å²) in [6, 6.07) is 2.45. The van der Waals surface area contributed by atoms with Gasteiger partial charge in [0.05, 0.1) is 29.7 Å². The number of esters is 1. The normalized spacial score (nSPS) is 17.7. The van der Waals surface area contributed by atoms with Gasteiger partial charge in [-0.05, 0) is 102 Å². The Kier molecular flexibility index (Phi) is 11.3. The molecule has 1 heterocycles. The van der Waals surface area contributed by atoms with Crippen LogP contribution in [-0.2, 0) is 20.8 Å². The summed E-state index contributed by atoms with van der Waals surface area (Å²) in [7, 11) is 1.23. The fourth-order valence-corrected chi connectivity index (χ4v) is 6.32. The summed E-state index contributed by atoms with van der Waals surface area (Å²) in [6.45, 7) is 16.6. The molecule has 1 amide bonds. The van der Waals surface area contributed by atoms with Crippen LogP contribution in [0.5, 0.6) is 5.75 Å². The van der Waals surface area contributed by atoms with Gasteiger partial charge in [0.1, 0.15) is 16.5 Å². The Balaban J connectivity index is 2.15. The van der Waals surface area contributed by atoms with Gasteiger partial charge >= 0.3 is 12.1 Å². The van der Waals surface area contributed by atoms with Crippen molar-refractivity contribution in [2.75, 3.05) is 26.7 Å². The van der Waals surface area contributed by atoms with Crippen LogP contribution in [0.3, 0.4) is 0 Å². The van der Waals surface area contributed by atoms with Crippen molar-refractivity contribution in [3.05, 3.63) is 28.0 Å².